The van der Waals surface area contributed by atoms with E-state index in [9.17, 15) is 0 Å². The Morgan fingerprint density at radius 1 is 1.07 bits per heavy atom. The van der Waals surface area contributed by atoms with E-state index in [-0.39, 0.29) is 0 Å². The number of rotatable bonds is 6. The van der Waals surface area contributed by atoms with Crippen molar-refractivity contribution in [3.63, 3.8) is 0 Å². The third-order valence-corrected chi connectivity index (χ3v) is 4.55. The van der Waals surface area contributed by atoms with E-state index in [1.807, 2.05) is 0 Å². The molecule has 0 atom stereocenters. The Labute approximate surface area is 161 Å². The molecule has 0 aromatic heterocycles. The van der Waals surface area contributed by atoms with E-state index in [4.69, 9.17) is 24.5 Å². The largest absolute Gasteiger partial charge is 0.492 e. The Kier molecular flexibility index (Phi) is 9.82. The van der Waals surface area contributed by atoms with Gasteiger partial charge in [0.05, 0.1) is 0 Å². The third kappa shape index (κ3) is 8.41. The molecule has 0 bridgehead atoms. The van der Waals surface area contributed by atoms with Gasteiger partial charge in [-0.3, -0.25) is 4.90 Å². The Morgan fingerprint density at radius 3 is 2.11 bits per heavy atom. The van der Waals surface area contributed by atoms with Crippen LogP contribution in [0, 0.1) is 6.92 Å². The normalized spacial score (nSPS) is 15.1. The minimum Gasteiger partial charge on any atom is -0.492 e. The average molecular weight is 380 g/mol. The van der Waals surface area contributed by atoms with Crippen LogP contribution < -0.4 is 4.74 Å². The molecule has 7 nitrogen and oxygen atoms in total. The number of hydrogen-bond acceptors (Lipinski definition) is 5. The summed E-state index contributed by atoms with van der Waals surface area (Å²) in [6.45, 7) is 16.5. The van der Waals surface area contributed by atoms with E-state index in [1.165, 1.54) is 43.9 Å². The van der Waals surface area contributed by atoms with Crippen molar-refractivity contribution in [1.29, 1.82) is 0 Å². The molecule has 1 aromatic rings. The van der Waals surface area contributed by atoms with Crippen LogP contribution in [-0.2, 0) is 9.59 Å². The molecule has 0 radical (unpaired) electrons. The molecule has 0 aliphatic carbocycles. The molecule has 27 heavy (non-hydrogen) atoms. The van der Waals surface area contributed by atoms with E-state index in [2.05, 4.69) is 55.7 Å². The molecule has 1 fully saturated rings. The van der Waals surface area contributed by atoms with Gasteiger partial charge >= 0.3 is 11.9 Å². The fraction of sp³-hybridized carbons (Fsp3) is 0.600. The summed E-state index contributed by atoms with van der Waals surface area (Å²) in [5.41, 5.74) is 2.59. The monoisotopic (exact) mass is 380 g/mol. The van der Waals surface area contributed by atoms with Crippen molar-refractivity contribution in [1.82, 2.24) is 9.80 Å². The van der Waals surface area contributed by atoms with E-state index in [0.717, 1.165) is 18.9 Å². The highest BCUT2D eigenvalue weighted by Gasteiger charge is 2.15. The lowest BCUT2D eigenvalue weighted by Crippen LogP contribution is -2.47. The smallest absolute Gasteiger partial charge is 0.414 e. The van der Waals surface area contributed by atoms with E-state index in [0.29, 0.717) is 5.92 Å². The third-order valence-electron chi connectivity index (χ3n) is 4.55. The number of carbonyl (C=O) groups is 2. The molecule has 7 heteroatoms. The summed E-state index contributed by atoms with van der Waals surface area (Å²) in [4.78, 5) is 23.2. The zero-order valence-electron chi connectivity index (χ0n) is 16.8. The summed E-state index contributed by atoms with van der Waals surface area (Å²) in [6.07, 6.45) is 0. The quantitative estimate of drug-likeness (QED) is 0.732. The molecular weight excluding hydrogens is 348 g/mol. The Balaban J connectivity index is 0.000000527. The van der Waals surface area contributed by atoms with Crippen molar-refractivity contribution >= 4 is 11.9 Å². The zero-order valence-corrected chi connectivity index (χ0v) is 16.8. The standard InChI is InChI=1S/C18H30N2O.C2H2O4/c1-5-19-8-10-20(11-9-19)12-13-21-18-14-16(4)6-7-17(18)15(2)3;3-1(4)2(5)6/h6-7,14-15H,5,8-13H2,1-4H3;(H,3,4)(H,5,6). The lowest BCUT2D eigenvalue weighted by molar-refractivity contribution is -0.159. The van der Waals surface area contributed by atoms with Gasteiger partial charge in [-0.15, -0.1) is 0 Å². The highest BCUT2D eigenvalue weighted by molar-refractivity contribution is 6.27. The van der Waals surface area contributed by atoms with Crippen LogP contribution in [0.3, 0.4) is 0 Å². The van der Waals surface area contributed by atoms with Crippen LogP contribution >= 0.6 is 0 Å². The second-order valence-corrected chi connectivity index (χ2v) is 6.93. The lowest BCUT2D eigenvalue weighted by Gasteiger charge is -2.33. The van der Waals surface area contributed by atoms with Gasteiger partial charge in [-0.1, -0.05) is 32.9 Å². The first kappa shape index (κ1) is 22.9. The van der Waals surface area contributed by atoms with Gasteiger partial charge in [-0.25, -0.2) is 9.59 Å². The van der Waals surface area contributed by atoms with Gasteiger partial charge in [-0.05, 0) is 36.6 Å². The topological polar surface area (TPSA) is 90.3 Å². The van der Waals surface area contributed by atoms with Crippen molar-refractivity contribution in [3.05, 3.63) is 29.3 Å². The minimum atomic E-state index is -1.82. The second kappa shape index (κ2) is 11.6. The molecule has 1 aliphatic heterocycles. The van der Waals surface area contributed by atoms with E-state index in [1.54, 1.807) is 0 Å². The summed E-state index contributed by atoms with van der Waals surface area (Å²) in [5, 5.41) is 14.8. The Hall–Kier alpha value is -2.12. The van der Waals surface area contributed by atoms with E-state index >= 15 is 0 Å². The number of ether oxygens (including phenoxy) is 1. The maximum absolute atomic E-state index is 9.10. The molecule has 0 amide bonds. The zero-order chi connectivity index (χ0) is 20.4. The van der Waals surface area contributed by atoms with Crippen molar-refractivity contribution in [3.8, 4) is 5.75 Å². The summed E-state index contributed by atoms with van der Waals surface area (Å²) in [5.74, 6) is -2.07. The molecular formula is C20H32N2O5. The Bertz CT molecular complexity index is 598. The van der Waals surface area contributed by atoms with Crippen molar-refractivity contribution in [2.75, 3.05) is 45.9 Å². The number of piperazine rings is 1. The summed E-state index contributed by atoms with van der Waals surface area (Å²) >= 11 is 0. The average Bonchev–Trinajstić information content (AvgIpc) is 2.62. The SMILES string of the molecule is CCN1CCN(CCOc2cc(C)ccc2C(C)C)CC1.O=C(O)C(=O)O. The maximum Gasteiger partial charge on any atom is 0.414 e. The molecule has 0 spiro atoms. The van der Waals surface area contributed by atoms with Crippen LogP contribution in [0.25, 0.3) is 0 Å². The predicted octanol–water partition coefficient (Wildman–Crippen LogP) is 2.29. The summed E-state index contributed by atoms with van der Waals surface area (Å²) in [6, 6.07) is 6.55. The molecule has 2 N–H and O–H groups in total. The van der Waals surface area contributed by atoms with Gasteiger partial charge in [0.1, 0.15) is 12.4 Å². The molecule has 1 saturated heterocycles. The number of carboxylic acid groups (broad SMARTS) is 2. The lowest BCUT2D eigenvalue weighted by atomic mass is 10.0. The van der Waals surface area contributed by atoms with Gasteiger partial charge in [0.2, 0.25) is 0 Å². The molecule has 1 aromatic carbocycles. The number of carboxylic acids is 2. The van der Waals surface area contributed by atoms with Gasteiger partial charge in [0.15, 0.2) is 0 Å². The number of nitrogens with zero attached hydrogens (tertiary/aromatic N) is 2. The van der Waals surface area contributed by atoms with Gasteiger partial charge < -0.3 is 19.8 Å². The van der Waals surface area contributed by atoms with Crippen molar-refractivity contribution in [2.24, 2.45) is 0 Å². The van der Waals surface area contributed by atoms with Crippen molar-refractivity contribution < 1.29 is 24.5 Å². The fourth-order valence-corrected chi connectivity index (χ4v) is 2.86. The molecule has 1 aliphatic rings. The highest BCUT2D eigenvalue weighted by atomic mass is 16.5. The number of likely N-dealkylation sites (N-methyl/N-ethyl adjacent to an activating group) is 1. The first-order valence-corrected chi connectivity index (χ1v) is 9.38. The van der Waals surface area contributed by atoms with Gasteiger partial charge in [0, 0.05) is 32.7 Å². The highest BCUT2D eigenvalue weighted by Crippen LogP contribution is 2.27. The first-order chi connectivity index (χ1) is 12.7. The number of benzene rings is 1. The maximum atomic E-state index is 9.10. The van der Waals surface area contributed by atoms with Crippen LogP contribution in [0.5, 0.6) is 5.75 Å². The molecule has 2 rings (SSSR count). The van der Waals surface area contributed by atoms with E-state index < -0.39 is 11.9 Å². The van der Waals surface area contributed by atoms with Gasteiger partial charge in [-0.2, -0.15) is 0 Å². The van der Waals surface area contributed by atoms with Crippen LogP contribution in [0.1, 0.15) is 37.8 Å². The van der Waals surface area contributed by atoms with Crippen LogP contribution in [0.4, 0.5) is 0 Å². The number of hydrogen-bond donors (Lipinski definition) is 2. The second-order valence-electron chi connectivity index (χ2n) is 6.93. The first-order valence-electron chi connectivity index (χ1n) is 9.38. The molecule has 0 saturated carbocycles. The summed E-state index contributed by atoms with van der Waals surface area (Å²) in [7, 11) is 0. The fourth-order valence-electron chi connectivity index (χ4n) is 2.86. The number of aryl methyl sites for hydroxylation is 1. The molecule has 1 heterocycles. The molecule has 152 valence electrons. The van der Waals surface area contributed by atoms with Crippen LogP contribution in [-0.4, -0.2) is 77.8 Å². The van der Waals surface area contributed by atoms with Crippen LogP contribution in [0.15, 0.2) is 18.2 Å². The van der Waals surface area contributed by atoms with Crippen LogP contribution in [0.2, 0.25) is 0 Å². The minimum absolute atomic E-state index is 0.508. The van der Waals surface area contributed by atoms with Crippen molar-refractivity contribution in [2.45, 2.75) is 33.6 Å². The molecule has 0 unspecified atom stereocenters. The summed E-state index contributed by atoms with van der Waals surface area (Å²) < 4.78 is 6.08. The van der Waals surface area contributed by atoms with Gasteiger partial charge in [0.25, 0.3) is 0 Å². The Morgan fingerprint density at radius 2 is 1.63 bits per heavy atom. The number of aliphatic carboxylic acids is 2. The predicted molar refractivity (Wildman–Crippen MR) is 105 cm³/mol.